The Morgan fingerprint density at radius 3 is 2.32 bits per heavy atom. The first-order chi connectivity index (χ1) is 13.3. The summed E-state index contributed by atoms with van der Waals surface area (Å²) in [6.07, 6.45) is 0. The summed E-state index contributed by atoms with van der Waals surface area (Å²) < 4.78 is 11.3. The molecule has 0 saturated heterocycles. The minimum absolute atomic E-state index is 0.00587. The van der Waals surface area contributed by atoms with Crippen LogP contribution in [0.1, 0.15) is 53.1 Å². The van der Waals surface area contributed by atoms with Gasteiger partial charge >= 0.3 is 0 Å². The number of ether oxygens (including phenoxy) is 2. The van der Waals surface area contributed by atoms with Crippen molar-refractivity contribution < 1.29 is 14.3 Å². The van der Waals surface area contributed by atoms with Crippen LogP contribution in [0.4, 0.5) is 0 Å². The van der Waals surface area contributed by atoms with Gasteiger partial charge in [-0.15, -0.1) is 0 Å². The van der Waals surface area contributed by atoms with E-state index in [-0.39, 0.29) is 11.9 Å². The van der Waals surface area contributed by atoms with Gasteiger partial charge in [0.2, 0.25) is 5.91 Å². The predicted molar refractivity (Wildman–Crippen MR) is 114 cm³/mol. The van der Waals surface area contributed by atoms with Gasteiger partial charge in [0.1, 0.15) is 0 Å². The highest BCUT2D eigenvalue weighted by Gasteiger charge is 2.27. The fraction of sp³-hybridized carbons (Fsp3) is 0.619. The van der Waals surface area contributed by atoms with E-state index >= 15 is 0 Å². The fourth-order valence-electron chi connectivity index (χ4n) is 2.60. The molecule has 0 aliphatic rings. The number of amides is 1. The Morgan fingerprint density at radius 1 is 1.11 bits per heavy atom. The topological polar surface area (TPSA) is 84.0 Å². The minimum Gasteiger partial charge on any atom is -0.490 e. The molecule has 1 unspecified atom stereocenters. The average Bonchev–Trinajstić information content (AvgIpc) is 2.66. The molecular formula is C21H36N4O3. The summed E-state index contributed by atoms with van der Waals surface area (Å²) in [5, 5.41) is 9.46. The molecule has 1 atom stereocenters. The number of rotatable bonds is 10. The molecule has 0 aromatic heterocycles. The van der Waals surface area contributed by atoms with Gasteiger partial charge in [-0.05, 0) is 59.2 Å². The van der Waals surface area contributed by atoms with Crippen LogP contribution in [0.5, 0.6) is 11.5 Å². The van der Waals surface area contributed by atoms with E-state index in [0.717, 1.165) is 17.1 Å². The van der Waals surface area contributed by atoms with Crippen LogP contribution < -0.4 is 25.4 Å². The lowest BCUT2D eigenvalue weighted by atomic mass is 9.92. The lowest BCUT2D eigenvalue weighted by Gasteiger charge is -2.26. The molecule has 0 bridgehead atoms. The van der Waals surface area contributed by atoms with Crippen LogP contribution >= 0.6 is 0 Å². The lowest BCUT2D eigenvalue weighted by molar-refractivity contribution is -0.128. The summed E-state index contributed by atoms with van der Waals surface area (Å²) in [6.45, 7) is 13.9. The average molecular weight is 393 g/mol. The van der Waals surface area contributed by atoms with Gasteiger partial charge in [-0.1, -0.05) is 6.07 Å². The Hall–Kier alpha value is -2.44. The van der Waals surface area contributed by atoms with E-state index < -0.39 is 5.41 Å². The van der Waals surface area contributed by atoms with Crippen molar-refractivity contribution in [1.29, 1.82) is 0 Å². The van der Waals surface area contributed by atoms with Crippen molar-refractivity contribution in [2.45, 2.75) is 47.6 Å². The minimum atomic E-state index is -0.544. The summed E-state index contributed by atoms with van der Waals surface area (Å²) in [5.74, 6) is 2.12. The zero-order valence-electron chi connectivity index (χ0n) is 18.3. The Kier molecular flexibility index (Phi) is 9.62. The summed E-state index contributed by atoms with van der Waals surface area (Å²) in [6, 6.07) is 5.92. The van der Waals surface area contributed by atoms with Crippen molar-refractivity contribution in [2.24, 2.45) is 10.4 Å². The van der Waals surface area contributed by atoms with E-state index in [1.807, 2.05) is 59.7 Å². The van der Waals surface area contributed by atoms with Gasteiger partial charge in [-0.25, -0.2) is 0 Å². The fourth-order valence-corrected chi connectivity index (χ4v) is 2.60. The van der Waals surface area contributed by atoms with Crippen molar-refractivity contribution in [3.63, 3.8) is 0 Å². The molecule has 1 amide bonds. The molecule has 7 nitrogen and oxygen atoms in total. The van der Waals surface area contributed by atoms with E-state index in [2.05, 4.69) is 20.9 Å². The number of nitrogens with zero attached hydrogens (tertiary/aromatic N) is 1. The predicted octanol–water partition coefficient (Wildman–Crippen LogP) is 2.87. The van der Waals surface area contributed by atoms with Gasteiger partial charge in [0.15, 0.2) is 17.5 Å². The van der Waals surface area contributed by atoms with Crippen LogP contribution in [0.25, 0.3) is 0 Å². The van der Waals surface area contributed by atoms with Crippen molar-refractivity contribution in [3.8, 4) is 11.5 Å². The first kappa shape index (κ1) is 23.6. The van der Waals surface area contributed by atoms with Gasteiger partial charge in [0, 0.05) is 20.1 Å². The molecule has 7 heteroatoms. The van der Waals surface area contributed by atoms with Crippen LogP contribution in [0.15, 0.2) is 23.2 Å². The van der Waals surface area contributed by atoms with Crippen LogP contribution in [0.2, 0.25) is 0 Å². The zero-order valence-corrected chi connectivity index (χ0v) is 18.3. The van der Waals surface area contributed by atoms with Crippen molar-refractivity contribution in [3.05, 3.63) is 23.8 Å². The summed E-state index contributed by atoms with van der Waals surface area (Å²) in [4.78, 5) is 16.4. The summed E-state index contributed by atoms with van der Waals surface area (Å²) >= 11 is 0. The largest absolute Gasteiger partial charge is 0.490 e. The second-order valence-corrected chi connectivity index (χ2v) is 7.11. The maximum Gasteiger partial charge on any atom is 0.227 e. The van der Waals surface area contributed by atoms with E-state index in [1.165, 1.54) is 0 Å². The first-order valence-electron chi connectivity index (χ1n) is 9.94. The van der Waals surface area contributed by atoms with E-state index in [1.54, 1.807) is 7.05 Å². The van der Waals surface area contributed by atoms with Crippen molar-refractivity contribution >= 4 is 11.9 Å². The molecule has 1 aromatic carbocycles. The normalized spacial score (nSPS) is 12.9. The standard InChI is InChI=1S/C21H36N4O3/c1-8-23-19(26)21(5,6)14-24-20(22-7)25-15(4)16-11-12-17(27-9-2)18(13-16)28-10-3/h11-13,15H,8-10,14H2,1-7H3,(H,23,26)(H2,22,24,25). The monoisotopic (exact) mass is 392 g/mol. The maximum atomic E-state index is 12.2. The molecule has 3 N–H and O–H groups in total. The zero-order chi connectivity index (χ0) is 21.2. The molecule has 0 heterocycles. The smallest absolute Gasteiger partial charge is 0.227 e. The summed E-state index contributed by atoms with van der Waals surface area (Å²) in [7, 11) is 1.71. The number of aliphatic imine (C=N–C) groups is 1. The molecule has 0 saturated carbocycles. The number of hydrogen-bond acceptors (Lipinski definition) is 4. The van der Waals surface area contributed by atoms with Gasteiger partial charge in [0.25, 0.3) is 0 Å². The molecule has 1 aromatic rings. The molecule has 28 heavy (non-hydrogen) atoms. The van der Waals surface area contributed by atoms with Crippen LogP contribution in [0, 0.1) is 5.41 Å². The second-order valence-electron chi connectivity index (χ2n) is 7.11. The number of carbonyl (C=O) groups is 1. The molecule has 0 aliphatic heterocycles. The van der Waals surface area contributed by atoms with E-state index in [0.29, 0.717) is 32.3 Å². The number of carbonyl (C=O) groups excluding carboxylic acids is 1. The molecule has 158 valence electrons. The van der Waals surface area contributed by atoms with Gasteiger partial charge in [0.05, 0.1) is 24.7 Å². The third-order valence-corrected chi connectivity index (χ3v) is 4.29. The third kappa shape index (κ3) is 6.94. The van der Waals surface area contributed by atoms with Crippen LogP contribution in [-0.4, -0.2) is 45.2 Å². The lowest BCUT2D eigenvalue weighted by Crippen LogP contribution is -2.48. The Balaban J connectivity index is 2.80. The number of nitrogens with one attached hydrogen (secondary N) is 3. The number of guanidine groups is 1. The van der Waals surface area contributed by atoms with Gasteiger partial charge < -0.3 is 25.4 Å². The number of hydrogen-bond donors (Lipinski definition) is 3. The third-order valence-electron chi connectivity index (χ3n) is 4.29. The highest BCUT2D eigenvalue weighted by atomic mass is 16.5. The van der Waals surface area contributed by atoms with Gasteiger partial charge in [-0.3, -0.25) is 9.79 Å². The summed E-state index contributed by atoms with van der Waals surface area (Å²) in [5.41, 5.74) is 0.510. The molecule has 0 fully saturated rings. The first-order valence-corrected chi connectivity index (χ1v) is 9.94. The Labute approximate surface area is 169 Å². The molecular weight excluding hydrogens is 356 g/mol. The van der Waals surface area contributed by atoms with E-state index in [9.17, 15) is 4.79 Å². The van der Waals surface area contributed by atoms with Crippen molar-refractivity contribution in [2.75, 3.05) is 33.4 Å². The van der Waals surface area contributed by atoms with Crippen LogP contribution in [-0.2, 0) is 4.79 Å². The Morgan fingerprint density at radius 2 is 1.75 bits per heavy atom. The quantitative estimate of drug-likeness (QED) is 0.421. The molecule has 0 radical (unpaired) electrons. The van der Waals surface area contributed by atoms with Crippen LogP contribution in [0.3, 0.4) is 0 Å². The highest BCUT2D eigenvalue weighted by Crippen LogP contribution is 2.30. The van der Waals surface area contributed by atoms with Crippen molar-refractivity contribution in [1.82, 2.24) is 16.0 Å². The SMILES string of the molecule is CCNC(=O)C(C)(C)CNC(=NC)NC(C)c1ccc(OCC)c(OCC)c1. The maximum absolute atomic E-state index is 12.2. The van der Waals surface area contributed by atoms with E-state index in [4.69, 9.17) is 9.47 Å². The Bertz CT molecular complexity index is 659. The second kappa shape index (κ2) is 11.4. The van der Waals surface area contributed by atoms with Gasteiger partial charge in [-0.2, -0.15) is 0 Å². The molecule has 1 rings (SSSR count). The highest BCUT2D eigenvalue weighted by molar-refractivity contribution is 5.84. The molecule has 0 aliphatic carbocycles. The number of benzene rings is 1. The molecule has 0 spiro atoms.